The van der Waals surface area contributed by atoms with E-state index in [9.17, 15) is 9.59 Å². The van der Waals surface area contributed by atoms with Crippen LogP contribution in [0.5, 0.6) is 0 Å². The van der Waals surface area contributed by atoms with Gasteiger partial charge in [0.2, 0.25) is 0 Å². The van der Waals surface area contributed by atoms with E-state index in [-0.39, 0.29) is 17.5 Å². The minimum atomic E-state index is -0.968. The predicted molar refractivity (Wildman–Crippen MR) is 80.6 cm³/mol. The molecule has 1 aromatic rings. The van der Waals surface area contributed by atoms with Gasteiger partial charge in [-0.1, -0.05) is 13.3 Å². The molecular formula is C14H21N3O3S. The molecule has 1 aromatic heterocycles. The summed E-state index contributed by atoms with van der Waals surface area (Å²) in [5.41, 5.74) is 0.501. The fourth-order valence-corrected chi connectivity index (χ4v) is 3.49. The van der Waals surface area contributed by atoms with Gasteiger partial charge in [-0.15, -0.1) is 11.3 Å². The number of carbonyl (C=O) groups excluding carboxylic acids is 1. The summed E-state index contributed by atoms with van der Waals surface area (Å²) >= 11 is 1.12. The molecule has 1 fully saturated rings. The summed E-state index contributed by atoms with van der Waals surface area (Å²) in [4.78, 5) is 29.3. The average Bonchev–Trinajstić information content (AvgIpc) is 3.03. The molecule has 1 saturated heterocycles. The van der Waals surface area contributed by atoms with Crippen molar-refractivity contribution in [2.75, 3.05) is 13.1 Å². The van der Waals surface area contributed by atoms with Gasteiger partial charge in [0.25, 0.3) is 0 Å². The molecule has 0 radical (unpaired) electrons. The van der Waals surface area contributed by atoms with Crippen LogP contribution in [0.25, 0.3) is 0 Å². The molecule has 1 atom stereocenters. The molecule has 0 saturated carbocycles. The number of carboxylic acid groups (broad SMARTS) is 1. The lowest BCUT2D eigenvalue weighted by atomic mass is 10.0. The van der Waals surface area contributed by atoms with Crippen LogP contribution in [0.1, 0.15) is 46.6 Å². The monoisotopic (exact) mass is 311 g/mol. The second-order valence-corrected chi connectivity index (χ2v) is 6.46. The van der Waals surface area contributed by atoms with Gasteiger partial charge in [-0.05, 0) is 25.7 Å². The number of hydrogen-bond donors (Lipinski definition) is 2. The Balaban J connectivity index is 1.84. The molecule has 0 aromatic carbocycles. The normalized spacial score (nSPS) is 18.0. The van der Waals surface area contributed by atoms with Crippen LogP contribution in [0, 0.1) is 12.8 Å². The van der Waals surface area contributed by atoms with Crippen molar-refractivity contribution in [3.63, 3.8) is 0 Å². The molecule has 1 aliphatic heterocycles. The van der Waals surface area contributed by atoms with Crippen LogP contribution in [0.3, 0.4) is 0 Å². The van der Waals surface area contributed by atoms with Gasteiger partial charge >= 0.3 is 12.0 Å². The van der Waals surface area contributed by atoms with Crippen LogP contribution in [-0.2, 0) is 6.54 Å². The maximum absolute atomic E-state index is 12.1. The number of aryl methyl sites for hydroxylation is 1. The van der Waals surface area contributed by atoms with Crippen LogP contribution in [-0.4, -0.2) is 40.1 Å². The first-order valence-electron chi connectivity index (χ1n) is 7.23. The maximum Gasteiger partial charge on any atom is 0.347 e. The van der Waals surface area contributed by atoms with Crippen LogP contribution in [0.4, 0.5) is 4.79 Å². The molecule has 2 amide bonds. The number of nitrogens with one attached hydrogen (secondary N) is 1. The predicted octanol–water partition coefficient (Wildman–Crippen LogP) is 2.48. The first kappa shape index (κ1) is 15.8. The Bertz CT molecular complexity index is 530. The molecule has 6 nitrogen and oxygen atoms in total. The molecule has 2 N–H and O–H groups in total. The Morgan fingerprint density at radius 2 is 2.29 bits per heavy atom. The molecule has 7 heteroatoms. The number of nitrogens with zero attached hydrogens (tertiary/aromatic N) is 2. The van der Waals surface area contributed by atoms with E-state index in [1.807, 2.05) is 4.90 Å². The number of aromatic carboxylic acids is 1. The van der Waals surface area contributed by atoms with E-state index in [1.165, 1.54) is 0 Å². The third-order valence-corrected chi connectivity index (χ3v) is 4.84. The number of hydrogen-bond acceptors (Lipinski definition) is 4. The molecule has 0 bridgehead atoms. The minimum Gasteiger partial charge on any atom is -0.477 e. The van der Waals surface area contributed by atoms with E-state index < -0.39 is 5.97 Å². The van der Waals surface area contributed by atoms with Crippen LogP contribution in [0.2, 0.25) is 0 Å². The number of carboxylic acids is 1. The number of carbonyl (C=O) groups is 2. The first-order chi connectivity index (χ1) is 10.0. The van der Waals surface area contributed by atoms with Gasteiger partial charge in [-0.25, -0.2) is 14.6 Å². The molecule has 21 heavy (non-hydrogen) atoms. The van der Waals surface area contributed by atoms with Crippen molar-refractivity contribution in [1.29, 1.82) is 0 Å². The average molecular weight is 311 g/mol. The molecular weight excluding hydrogens is 290 g/mol. The highest BCUT2D eigenvalue weighted by molar-refractivity contribution is 7.13. The third kappa shape index (κ3) is 3.93. The fraction of sp³-hybridized carbons (Fsp3) is 0.643. The third-order valence-electron chi connectivity index (χ3n) is 3.70. The molecule has 0 spiro atoms. The lowest BCUT2D eigenvalue weighted by Gasteiger charge is -2.16. The summed E-state index contributed by atoms with van der Waals surface area (Å²) in [6.45, 7) is 5.73. The maximum atomic E-state index is 12.1. The van der Waals surface area contributed by atoms with E-state index in [4.69, 9.17) is 5.11 Å². The highest BCUT2D eigenvalue weighted by Crippen LogP contribution is 2.21. The Kier molecular flexibility index (Phi) is 5.17. The van der Waals surface area contributed by atoms with E-state index >= 15 is 0 Å². The Hall–Kier alpha value is -1.63. The summed E-state index contributed by atoms with van der Waals surface area (Å²) in [5.74, 6) is -0.356. The number of aromatic nitrogens is 1. The van der Waals surface area contributed by atoms with Gasteiger partial charge in [0.15, 0.2) is 0 Å². The van der Waals surface area contributed by atoms with Crippen LogP contribution < -0.4 is 5.32 Å². The summed E-state index contributed by atoms with van der Waals surface area (Å²) in [5, 5.41) is 12.4. The van der Waals surface area contributed by atoms with Crippen molar-refractivity contribution < 1.29 is 14.7 Å². The summed E-state index contributed by atoms with van der Waals surface area (Å²) < 4.78 is 0. The van der Waals surface area contributed by atoms with Crippen molar-refractivity contribution in [2.45, 2.75) is 39.7 Å². The quantitative estimate of drug-likeness (QED) is 0.875. The summed E-state index contributed by atoms with van der Waals surface area (Å²) in [6, 6.07) is -0.0849. The largest absolute Gasteiger partial charge is 0.477 e. The van der Waals surface area contributed by atoms with Crippen molar-refractivity contribution in [3.8, 4) is 0 Å². The van der Waals surface area contributed by atoms with E-state index in [0.29, 0.717) is 16.6 Å². The SMILES string of the molecule is CCCC1CCN(C(=O)NCc2nc(C)c(C(=O)O)s2)C1. The Labute approximate surface area is 128 Å². The van der Waals surface area contributed by atoms with Gasteiger partial charge in [-0.3, -0.25) is 0 Å². The number of thiazole rings is 1. The minimum absolute atomic E-state index is 0.0849. The number of urea groups is 1. The van der Waals surface area contributed by atoms with Crippen LogP contribution in [0.15, 0.2) is 0 Å². The Morgan fingerprint density at radius 1 is 1.52 bits per heavy atom. The fourth-order valence-electron chi connectivity index (χ4n) is 2.65. The molecule has 0 aliphatic carbocycles. The van der Waals surface area contributed by atoms with E-state index in [0.717, 1.165) is 43.7 Å². The van der Waals surface area contributed by atoms with Gasteiger partial charge < -0.3 is 15.3 Å². The van der Waals surface area contributed by atoms with E-state index in [2.05, 4.69) is 17.2 Å². The van der Waals surface area contributed by atoms with Gasteiger partial charge in [0, 0.05) is 13.1 Å². The van der Waals surface area contributed by atoms with Crippen molar-refractivity contribution >= 4 is 23.3 Å². The zero-order chi connectivity index (χ0) is 15.4. The van der Waals surface area contributed by atoms with Crippen molar-refractivity contribution in [3.05, 3.63) is 15.6 Å². The zero-order valence-electron chi connectivity index (χ0n) is 12.4. The highest BCUT2D eigenvalue weighted by atomic mass is 32.1. The van der Waals surface area contributed by atoms with Gasteiger partial charge in [0.1, 0.15) is 9.88 Å². The second-order valence-electron chi connectivity index (χ2n) is 5.38. The summed E-state index contributed by atoms with van der Waals surface area (Å²) in [7, 11) is 0. The van der Waals surface area contributed by atoms with Crippen molar-refractivity contribution in [2.24, 2.45) is 5.92 Å². The lowest BCUT2D eigenvalue weighted by Crippen LogP contribution is -2.38. The molecule has 1 unspecified atom stereocenters. The number of likely N-dealkylation sites (tertiary alicyclic amines) is 1. The highest BCUT2D eigenvalue weighted by Gasteiger charge is 2.25. The van der Waals surface area contributed by atoms with Crippen molar-refractivity contribution in [1.82, 2.24) is 15.2 Å². The molecule has 2 rings (SSSR count). The lowest BCUT2D eigenvalue weighted by molar-refractivity contribution is 0.0701. The Morgan fingerprint density at radius 3 is 2.90 bits per heavy atom. The van der Waals surface area contributed by atoms with Gasteiger partial charge in [0.05, 0.1) is 12.2 Å². The summed E-state index contributed by atoms with van der Waals surface area (Å²) in [6.07, 6.45) is 3.38. The molecule has 116 valence electrons. The first-order valence-corrected chi connectivity index (χ1v) is 8.05. The number of rotatable bonds is 5. The van der Waals surface area contributed by atoms with Crippen LogP contribution >= 0.6 is 11.3 Å². The van der Waals surface area contributed by atoms with Gasteiger partial charge in [-0.2, -0.15) is 0 Å². The smallest absolute Gasteiger partial charge is 0.347 e. The standard InChI is InChI=1S/C14H21N3O3S/c1-3-4-10-5-6-17(8-10)14(20)15-7-11-16-9(2)12(21-11)13(18)19/h10H,3-8H2,1-2H3,(H,15,20)(H,18,19). The topological polar surface area (TPSA) is 82.5 Å². The number of amides is 2. The van der Waals surface area contributed by atoms with E-state index in [1.54, 1.807) is 6.92 Å². The molecule has 1 aliphatic rings. The molecule has 2 heterocycles. The second kappa shape index (κ2) is 6.89. The zero-order valence-corrected chi connectivity index (χ0v) is 13.2.